The van der Waals surface area contributed by atoms with Crippen LogP contribution in [0.1, 0.15) is 44.4 Å². The number of benzene rings is 1. The molecule has 0 spiro atoms. The molecule has 0 bridgehead atoms. The Labute approximate surface area is 175 Å². The van der Waals surface area contributed by atoms with Gasteiger partial charge in [-0.1, -0.05) is 44.2 Å². The number of fused-ring (bicyclic) bond motifs is 1. The highest BCUT2D eigenvalue weighted by molar-refractivity contribution is 7.19. The second-order valence-corrected chi connectivity index (χ2v) is 8.80. The summed E-state index contributed by atoms with van der Waals surface area (Å²) >= 11 is 1.39. The average Bonchev–Trinajstić information content (AvgIpc) is 3.08. The highest BCUT2D eigenvalue weighted by Crippen LogP contribution is 2.36. The van der Waals surface area contributed by atoms with Gasteiger partial charge in [-0.15, -0.1) is 0 Å². The van der Waals surface area contributed by atoms with Gasteiger partial charge < -0.3 is 15.8 Å². The van der Waals surface area contributed by atoms with E-state index in [0.717, 1.165) is 40.4 Å². The first-order valence-electron chi connectivity index (χ1n) is 10.2. The molecule has 0 radical (unpaired) electrons. The Hall–Kier alpha value is -2.61. The van der Waals surface area contributed by atoms with Crippen molar-refractivity contribution >= 4 is 33.2 Å². The van der Waals surface area contributed by atoms with Gasteiger partial charge in [-0.25, -0.2) is 14.6 Å². The number of aliphatic imine (C=N–C) groups is 1. The quantitative estimate of drug-likeness (QED) is 0.583. The van der Waals surface area contributed by atoms with E-state index in [4.69, 9.17) is 0 Å². The van der Waals surface area contributed by atoms with Crippen molar-refractivity contribution in [2.45, 2.75) is 52.2 Å². The molecule has 1 atom stereocenters. The first kappa shape index (κ1) is 19.7. The number of carbonyl (C=O) groups is 1. The summed E-state index contributed by atoms with van der Waals surface area (Å²) in [4.78, 5) is 19.6. The summed E-state index contributed by atoms with van der Waals surface area (Å²) in [5, 5.41) is 20.6. The van der Waals surface area contributed by atoms with Crippen molar-refractivity contribution in [1.82, 2.24) is 10.6 Å². The van der Waals surface area contributed by atoms with Gasteiger partial charge in [0.25, 0.3) is 5.91 Å². The second-order valence-electron chi connectivity index (χ2n) is 7.84. The smallest absolute Gasteiger partial charge is 0.342 e. The molecule has 4 rings (SSSR count). The number of nitrogens with zero attached hydrogens (tertiary/aromatic N) is 3. The first-order chi connectivity index (χ1) is 14.0. The van der Waals surface area contributed by atoms with Gasteiger partial charge in [0.1, 0.15) is 5.84 Å². The predicted octanol–water partition coefficient (Wildman–Crippen LogP) is 2.85. The fraction of sp³-hybridized carbons (Fsp3) is 0.476. The van der Waals surface area contributed by atoms with E-state index >= 15 is 0 Å². The Kier molecular flexibility index (Phi) is 5.71. The lowest BCUT2D eigenvalue weighted by molar-refractivity contribution is -0.596. The average molecular weight is 414 g/mol. The maximum atomic E-state index is 13.0. The van der Waals surface area contributed by atoms with Crippen LogP contribution in [0, 0.1) is 11.1 Å². The third-order valence-corrected chi connectivity index (χ3v) is 6.52. The van der Waals surface area contributed by atoms with E-state index in [0.29, 0.717) is 30.5 Å². The maximum absolute atomic E-state index is 13.0. The summed E-state index contributed by atoms with van der Waals surface area (Å²) in [6.07, 6.45) is 2.72. The van der Waals surface area contributed by atoms with Gasteiger partial charge in [0.05, 0.1) is 13.1 Å². The molecular weight excluding hydrogens is 386 g/mol. The Balaban J connectivity index is 1.54. The number of hydrogen-bond acceptors (Lipinski definition) is 6. The standard InChI is InChI=1S/C21H27N5O2S/c1-14(2)18-22-13-17-20(24-18)29-21(26(17)28)25-11-7-6-10-16(25)19(27)23-12-15-8-4-3-5-9-15/h3-5,8-9,14,16H,6-7,10-13H2,1-2H3,(H,22,24)(H,23,27)/t16-/m1/s1. The summed E-state index contributed by atoms with van der Waals surface area (Å²) in [6.45, 7) is 5.83. The number of rotatable bonds is 5. The van der Waals surface area contributed by atoms with E-state index in [1.807, 2.05) is 35.2 Å². The number of hydrogen-bond donors (Lipinski definition) is 2. The molecule has 1 saturated heterocycles. The van der Waals surface area contributed by atoms with Crippen molar-refractivity contribution in [3.8, 4) is 0 Å². The number of nitrogens with one attached hydrogen (secondary N) is 2. The van der Waals surface area contributed by atoms with Crippen LogP contribution in [0.3, 0.4) is 0 Å². The number of amides is 1. The minimum atomic E-state index is -0.325. The number of aromatic nitrogens is 1. The minimum Gasteiger partial charge on any atom is -0.710 e. The van der Waals surface area contributed by atoms with Gasteiger partial charge in [0, 0.05) is 12.5 Å². The van der Waals surface area contributed by atoms with Crippen molar-refractivity contribution < 1.29 is 9.52 Å². The third-order valence-electron chi connectivity index (χ3n) is 5.42. The van der Waals surface area contributed by atoms with Gasteiger partial charge >= 0.3 is 5.13 Å². The van der Waals surface area contributed by atoms with E-state index < -0.39 is 0 Å². The lowest BCUT2D eigenvalue weighted by atomic mass is 10.0. The number of carbonyl (C=O) groups excluding carboxylic acids is 1. The molecule has 1 aromatic heterocycles. The zero-order chi connectivity index (χ0) is 20.4. The van der Waals surface area contributed by atoms with Crippen LogP contribution in [0.2, 0.25) is 0 Å². The molecule has 0 unspecified atom stereocenters. The Morgan fingerprint density at radius 2 is 2.17 bits per heavy atom. The van der Waals surface area contributed by atoms with Gasteiger partial charge in [-0.2, -0.15) is 0 Å². The summed E-state index contributed by atoms with van der Waals surface area (Å²) in [5.41, 5.74) is 1.71. The molecule has 2 N–H and O–H groups in total. The molecule has 2 aliphatic rings. The van der Waals surface area contributed by atoms with Crippen molar-refractivity contribution in [1.29, 1.82) is 0 Å². The van der Waals surface area contributed by atoms with Crippen LogP contribution in [-0.2, 0) is 17.9 Å². The fourth-order valence-electron chi connectivity index (χ4n) is 3.79. The number of piperidine rings is 1. The Morgan fingerprint density at radius 3 is 2.93 bits per heavy atom. The van der Waals surface area contributed by atoms with Crippen LogP contribution in [0.4, 0.5) is 10.1 Å². The summed E-state index contributed by atoms with van der Waals surface area (Å²) in [6, 6.07) is 9.55. The van der Waals surface area contributed by atoms with E-state index in [2.05, 4.69) is 29.5 Å². The van der Waals surface area contributed by atoms with E-state index in [9.17, 15) is 10.0 Å². The molecule has 1 fully saturated rings. The van der Waals surface area contributed by atoms with Crippen molar-refractivity contribution in [2.24, 2.45) is 10.9 Å². The molecule has 7 nitrogen and oxygen atoms in total. The van der Waals surface area contributed by atoms with E-state index in [1.54, 1.807) is 0 Å². The third kappa shape index (κ3) is 4.07. The zero-order valence-electron chi connectivity index (χ0n) is 16.9. The highest BCUT2D eigenvalue weighted by atomic mass is 32.1. The second kappa shape index (κ2) is 8.41. The number of amidine groups is 1. The van der Waals surface area contributed by atoms with Crippen molar-refractivity contribution in [3.05, 3.63) is 46.8 Å². The highest BCUT2D eigenvalue weighted by Gasteiger charge is 2.38. The van der Waals surface area contributed by atoms with Gasteiger partial charge in [-0.05, 0) is 36.2 Å². The number of thiazole rings is 1. The SMILES string of the molecule is CC(C)C1=Nc2sc(N3CCCC[C@@H]3C(=O)NCc3ccccc3)[n+]([O-])c2CN1. The molecular formula is C21H27N5O2S. The molecule has 3 heterocycles. The van der Waals surface area contributed by atoms with Crippen LogP contribution >= 0.6 is 11.3 Å². The van der Waals surface area contributed by atoms with Crippen molar-refractivity contribution in [2.75, 3.05) is 11.4 Å². The largest absolute Gasteiger partial charge is 0.710 e. The summed E-state index contributed by atoms with van der Waals surface area (Å²) in [7, 11) is 0. The Bertz CT molecular complexity index is 909. The van der Waals surface area contributed by atoms with Gasteiger partial charge in [0.2, 0.25) is 0 Å². The molecule has 8 heteroatoms. The minimum absolute atomic E-state index is 0.0237. The Morgan fingerprint density at radius 1 is 1.38 bits per heavy atom. The van der Waals surface area contributed by atoms with Gasteiger partial charge in [-0.3, -0.25) is 4.79 Å². The molecule has 29 heavy (non-hydrogen) atoms. The lowest BCUT2D eigenvalue weighted by Crippen LogP contribution is -2.53. The summed E-state index contributed by atoms with van der Waals surface area (Å²) < 4.78 is 0.969. The maximum Gasteiger partial charge on any atom is 0.342 e. The monoisotopic (exact) mass is 413 g/mol. The van der Waals surface area contributed by atoms with Crippen LogP contribution in [0.25, 0.3) is 0 Å². The van der Waals surface area contributed by atoms with Crippen LogP contribution in [-0.4, -0.2) is 24.3 Å². The van der Waals surface area contributed by atoms with Crippen LogP contribution < -0.4 is 20.3 Å². The molecule has 1 aromatic carbocycles. The molecule has 2 aromatic rings. The lowest BCUT2D eigenvalue weighted by Gasteiger charge is -2.30. The normalized spacial score (nSPS) is 18.8. The van der Waals surface area contributed by atoms with Crippen molar-refractivity contribution in [3.63, 3.8) is 0 Å². The molecule has 154 valence electrons. The van der Waals surface area contributed by atoms with E-state index in [-0.39, 0.29) is 17.9 Å². The predicted molar refractivity (Wildman–Crippen MR) is 115 cm³/mol. The summed E-state index contributed by atoms with van der Waals surface area (Å²) in [5.74, 6) is 1.16. The van der Waals surface area contributed by atoms with Crippen LogP contribution in [0.15, 0.2) is 35.3 Å². The fourth-order valence-corrected chi connectivity index (χ4v) is 4.91. The zero-order valence-corrected chi connectivity index (χ0v) is 17.7. The van der Waals surface area contributed by atoms with Gasteiger partial charge in [0.15, 0.2) is 16.7 Å². The molecule has 2 aliphatic heterocycles. The van der Waals surface area contributed by atoms with E-state index in [1.165, 1.54) is 11.3 Å². The molecule has 0 saturated carbocycles. The first-order valence-corrected chi connectivity index (χ1v) is 11.0. The van der Waals surface area contributed by atoms with Crippen LogP contribution in [0.5, 0.6) is 0 Å². The topological polar surface area (TPSA) is 83.7 Å². The molecule has 0 aliphatic carbocycles. The number of anilines is 1. The molecule has 1 amide bonds.